The van der Waals surface area contributed by atoms with Crippen molar-refractivity contribution in [3.8, 4) is 0 Å². The van der Waals surface area contributed by atoms with Crippen LogP contribution in [0.1, 0.15) is 30.0 Å². The molecule has 0 aliphatic rings. The number of hydrogen-bond donors (Lipinski definition) is 0. The summed E-state index contributed by atoms with van der Waals surface area (Å²) in [6.45, 7) is 1.67. The van der Waals surface area contributed by atoms with Crippen LogP contribution in [0.25, 0.3) is 0 Å². The molecule has 0 saturated heterocycles. The van der Waals surface area contributed by atoms with Crippen LogP contribution in [-0.4, -0.2) is 5.78 Å². The minimum absolute atomic E-state index is 0.182. The van der Waals surface area contributed by atoms with E-state index in [-0.39, 0.29) is 5.78 Å². The van der Waals surface area contributed by atoms with Crippen molar-refractivity contribution in [1.29, 1.82) is 0 Å². The van der Waals surface area contributed by atoms with Gasteiger partial charge in [0.2, 0.25) is 0 Å². The zero-order valence-corrected chi connectivity index (χ0v) is 13.3. The number of carbonyl (C=O) groups excluding carboxylic acids is 1. The maximum atomic E-state index is 12.2. The summed E-state index contributed by atoms with van der Waals surface area (Å²) in [5.74, 6) is 0.182. The minimum atomic E-state index is -0.449. The Labute approximate surface area is 137 Å². The molecule has 3 aromatic rings. The van der Waals surface area contributed by atoms with E-state index in [2.05, 4.69) is 36.4 Å². The van der Waals surface area contributed by atoms with Crippen molar-refractivity contribution in [2.24, 2.45) is 0 Å². The number of rotatable bonds is 5. The van der Waals surface area contributed by atoms with Crippen LogP contribution in [0.3, 0.4) is 0 Å². The Morgan fingerprint density at radius 2 is 0.957 bits per heavy atom. The van der Waals surface area contributed by atoms with Gasteiger partial charge in [0.25, 0.3) is 0 Å². The van der Waals surface area contributed by atoms with Crippen molar-refractivity contribution in [2.75, 3.05) is 0 Å². The number of ketones is 1. The first kappa shape index (κ1) is 15.2. The van der Waals surface area contributed by atoms with E-state index in [0.29, 0.717) is 6.42 Å². The van der Waals surface area contributed by atoms with Gasteiger partial charge in [-0.15, -0.1) is 0 Å². The lowest BCUT2D eigenvalue weighted by Gasteiger charge is -2.35. The molecule has 1 heteroatoms. The molecule has 0 N–H and O–H groups in total. The van der Waals surface area contributed by atoms with E-state index in [9.17, 15) is 4.79 Å². The van der Waals surface area contributed by atoms with Gasteiger partial charge < -0.3 is 0 Å². The van der Waals surface area contributed by atoms with Crippen LogP contribution in [-0.2, 0) is 10.2 Å². The van der Waals surface area contributed by atoms with Crippen molar-refractivity contribution in [2.45, 2.75) is 18.8 Å². The lowest BCUT2D eigenvalue weighted by molar-refractivity contribution is -0.117. The molecule has 0 aliphatic heterocycles. The van der Waals surface area contributed by atoms with Crippen LogP contribution in [0.2, 0.25) is 0 Å². The third kappa shape index (κ3) is 2.95. The summed E-state index contributed by atoms with van der Waals surface area (Å²) in [4.78, 5) is 12.2. The van der Waals surface area contributed by atoms with Crippen molar-refractivity contribution < 1.29 is 4.79 Å². The molecule has 0 saturated carbocycles. The Morgan fingerprint density at radius 1 is 0.652 bits per heavy atom. The quantitative estimate of drug-likeness (QED) is 0.606. The van der Waals surface area contributed by atoms with Crippen molar-refractivity contribution in [1.82, 2.24) is 0 Å². The standard InChI is InChI=1S/C22H20O/c1-18(23)17-22(19-11-5-2-6-12-19,20-13-7-3-8-14-20)21-15-9-4-10-16-21/h2-16H,17H2,1H3. The highest BCUT2D eigenvalue weighted by molar-refractivity contribution is 5.79. The van der Waals surface area contributed by atoms with Gasteiger partial charge in [0.05, 0.1) is 5.41 Å². The summed E-state index contributed by atoms with van der Waals surface area (Å²) in [5, 5.41) is 0. The Balaban J connectivity index is 2.32. The SMILES string of the molecule is CC(=O)CC(c1ccccc1)(c1ccccc1)c1ccccc1. The van der Waals surface area contributed by atoms with E-state index in [1.165, 1.54) is 0 Å². The van der Waals surface area contributed by atoms with Gasteiger partial charge in [-0.1, -0.05) is 91.0 Å². The summed E-state index contributed by atoms with van der Waals surface area (Å²) in [6.07, 6.45) is 0.449. The largest absolute Gasteiger partial charge is 0.300 e. The van der Waals surface area contributed by atoms with Crippen molar-refractivity contribution in [3.05, 3.63) is 108 Å². The molecule has 0 unspecified atom stereocenters. The van der Waals surface area contributed by atoms with Crippen molar-refractivity contribution >= 4 is 5.78 Å². The van der Waals surface area contributed by atoms with Gasteiger partial charge >= 0.3 is 0 Å². The summed E-state index contributed by atoms with van der Waals surface area (Å²) in [7, 11) is 0. The van der Waals surface area contributed by atoms with Gasteiger partial charge in [-0.2, -0.15) is 0 Å². The fourth-order valence-corrected chi connectivity index (χ4v) is 3.35. The van der Waals surface area contributed by atoms with Gasteiger partial charge in [0.15, 0.2) is 0 Å². The molecule has 0 atom stereocenters. The lowest BCUT2D eigenvalue weighted by Crippen LogP contribution is -2.31. The smallest absolute Gasteiger partial charge is 0.131 e. The number of carbonyl (C=O) groups is 1. The molecule has 3 rings (SSSR count). The molecule has 0 bridgehead atoms. The summed E-state index contributed by atoms with van der Waals surface area (Å²) < 4.78 is 0. The topological polar surface area (TPSA) is 17.1 Å². The van der Waals surface area contributed by atoms with Crippen molar-refractivity contribution in [3.63, 3.8) is 0 Å². The fraction of sp³-hybridized carbons (Fsp3) is 0.136. The monoisotopic (exact) mass is 300 g/mol. The zero-order chi connectivity index (χ0) is 16.1. The van der Waals surface area contributed by atoms with E-state index in [4.69, 9.17) is 0 Å². The molecule has 0 aromatic heterocycles. The van der Waals surface area contributed by atoms with E-state index in [1.54, 1.807) is 6.92 Å². The van der Waals surface area contributed by atoms with E-state index in [0.717, 1.165) is 16.7 Å². The maximum Gasteiger partial charge on any atom is 0.131 e. The Kier molecular flexibility index (Phi) is 4.38. The molecular formula is C22H20O. The van der Waals surface area contributed by atoms with Gasteiger partial charge in [-0.25, -0.2) is 0 Å². The Morgan fingerprint density at radius 3 is 1.22 bits per heavy atom. The van der Waals surface area contributed by atoms with E-state index in [1.807, 2.05) is 54.6 Å². The van der Waals surface area contributed by atoms with Gasteiger partial charge in [-0.05, 0) is 23.6 Å². The predicted molar refractivity (Wildman–Crippen MR) is 94.5 cm³/mol. The highest BCUT2D eigenvalue weighted by Gasteiger charge is 2.37. The minimum Gasteiger partial charge on any atom is -0.300 e. The average Bonchev–Trinajstić information content (AvgIpc) is 2.62. The third-order valence-electron chi connectivity index (χ3n) is 4.31. The summed E-state index contributed by atoms with van der Waals surface area (Å²) >= 11 is 0. The molecule has 1 nitrogen and oxygen atoms in total. The summed E-state index contributed by atoms with van der Waals surface area (Å²) in [6, 6.07) is 30.9. The molecule has 0 fully saturated rings. The van der Waals surface area contributed by atoms with Gasteiger partial charge in [-0.3, -0.25) is 4.79 Å². The molecule has 3 aromatic carbocycles. The van der Waals surface area contributed by atoms with Gasteiger partial charge in [0, 0.05) is 6.42 Å². The average molecular weight is 300 g/mol. The van der Waals surface area contributed by atoms with Crippen LogP contribution >= 0.6 is 0 Å². The van der Waals surface area contributed by atoms with Crippen LogP contribution in [0, 0.1) is 0 Å². The number of Topliss-reactive ketones (excluding diaryl/α,β-unsaturated/α-hetero) is 1. The molecular weight excluding hydrogens is 280 g/mol. The van der Waals surface area contributed by atoms with E-state index >= 15 is 0 Å². The summed E-state index contributed by atoms with van der Waals surface area (Å²) in [5.41, 5.74) is 2.99. The molecule has 114 valence electrons. The second kappa shape index (κ2) is 6.62. The number of benzene rings is 3. The normalized spacial score (nSPS) is 11.2. The highest BCUT2D eigenvalue weighted by atomic mass is 16.1. The first-order valence-electron chi connectivity index (χ1n) is 7.89. The maximum absolute atomic E-state index is 12.2. The van der Waals surface area contributed by atoms with Crippen LogP contribution in [0.4, 0.5) is 0 Å². The first-order valence-corrected chi connectivity index (χ1v) is 7.89. The predicted octanol–water partition coefficient (Wildman–Crippen LogP) is 5.00. The Hall–Kier alpha value is -2.67. The van der Waals surface area contributed by atoms with Crippen LogP contribution < -0.4 is 0 Å². The van der Waals surface area contributed by atoms with Crippen LogP contribution in [0.5, 0.6) is 0 Å². The molecule has 0 radical (unpaired) electrons. The second-order valence-electron chi connectivity index (χ2n) is 5.88. The zero-order valence-electron chi connectivity index (χ0n) is 13.3. The molecule has 0 amide bonds. The molecule has 0 heterocycles. The molecule has 0 aliphatic carbocycles. The van der Waals surface area contributed by atoms with E-state index < -0.39 is 5.41 Å². The number of hydrogen-bond acceptors (Lipinski definition) is 1. The fourth-order valence-electron chi connectivity index (χ4n) is 3.35. The lowest BCUT2D eigenvalue weighted by atomic mass is 9.66. The Bertz CT molecular complexity index is 664. The highest BCUT2D eigenvalue weighted by Crippen LogP contribution is 2.42. The molecule has 0 spiro atoms. The first-order chi connectivity index (χ1) is 11.2. The van der Waals surface area contributed by atoms with Gasteiger partial charge in [0.1, 0.15) is 5.78 Å². The second-order valence-corrected chi connectivity index (χ2v) is 5.88. The third-order valence-corrected chi connectivity index (χ3v) is 4.31. The molecule has 23 heavy (non-hydrogen) atoms. The van der Waals surface area contributed by atoms with Crippen LogP contribution in [0.15, 0.2) is 91.0 Å².